The minimum absolute atomic E-state index is 0.0739. The molecule has 25 heavy (non-hydrogen) atoms. The first kappa shape index (κ1) is 16.3. The van der Waals surface area contributed by atoms with E-state index in [-0.39, 0.29) is 5.91 Å². The molecule has 1 aromatic carbocycles. The van der Waals surface area contributed by atoms with Crippen molar-refractivity contribution in [3.05, 3.63) is 47.3 Å². The highest BCUT2D eigenvalue weighted by Crippen LogP contribution is 2.43. The van der Waals surface area contributed by atoms with Gasteiger partial charge in [0.2, 0.25) is 0 Å². The molecule has 1 amide bonds. The number of benzene rings is 1. The second kappa shape index (κ2) is 6.64. The zero-order valence-electron chi connectivity index (χ0n) is 15.0. The van der Waals surface area contributed by atoms with E-state index in [1.165, 1.54) is 43.2 Å². The molecule has 0 aliphatic heterocycles. The number of carbonyl (C=O) groups excluding carboxylic acids is 1. The molecule has 1 heterocycles. The maximum absolute atomic E-state index is 12.5. The Labute approximate surface area is 148 Å². The molecule has 0 radical (unpaired) electrons. The molecule has 0 bridgehead atoms. The maximum atomic E-state index is 12.5. The standard InChI is InChI=1S/C20H26N4O/c1-13-7-8-14(20(25)23-16-11-21-24(2)12-16)9-17(13)18-10-19(18)22-15-5-3-4-6-15/h7-9,11-12,15,18-19,22H,3-6,10H2,1-2H3,(H,23,25)/t18-,19+/m0/s1. The van der Waals surface area contributed by atoms with Crippen molar-refractivity contribution in [3.8, 4) is 0 Å². The second-order valence-electron chi connectivity index (χ2n) is 7.52. The van der Waals surface area contributed by atoms with Gasteiger partial charge in [-0.05, 0) is 49.4 Å². The first-order valence-corrected chi connectivity index (χ1v) is 9.27. The second-order valence-corrected chi connectivity index (χ2v) is 7.52. The van der Waals surface area contributed by atoms with Crippen molar-refractivity contribution < 1.29 is 4.79 Å². The van der Waals surface area contributed by atoms with Crippen molar-refractivity contribution in [2.45, 2.75) is 57.0 Å². The summed E-state index contributed by atoms with van der Waals surface area (Å²) >= 11 is 0. The first-order valence-electron chi connectivity index (χ1n) is 9.27. The number of nitrogens with zero attached hydrogens (tertiary/aromatic N) is 2. The number of nitrogens with one attached hydrogen (secondary N) is 2. The summed E-state index contributed by atoms with van der Waals surface area (Å²) in [5.41, 5.74) is 4.03. The topological polar surface area (TPSA) is 59.0 Å². The van der Waals surface area contributed by atoms with Crippen LogP contribution in [-0.4, -0.2) is 27.8 Å². The molecule has 0 unspecified atom stereocenters. The van der Waals surface area contributed by atoms with Gasteiger partial charge in [0.25, 0.3) is 5.91 Å². The highest BCUT2D eigenvalue weighted by atomic mass is 16.1. The van der Waals surface area contributed by atoms with E-state index < -0.39 is 0 Å². The van der Waals surface area contributed by atoms with Crippen molar-refractivity contribution in [1.82, 2.24) is 15.1 Å². The van der Waals surface area contributed by atoms with Crippen LogP contribution in [0.2, 0.25) is 0 Å². The summed E-state index contributed by atoms with van der Waals surface area (Å²) in [6, 6.07) is 7.33. The van der Waals surface area contributed by atoms with E-state index in [0.29, 0.717) is 18.0 Å². The molecule has 2 aromatic rings. The lowest BCUT2D eigenvalue weighted by Gasteiger charge is -2.13. The summed E-state index contributed by atoms with van der Waals surface area (Å²) in [7, 11) is 1.84. The van der Waals surface area contributed by atoms with Crippen molar-refractivity contribution in [2.75, 3.05) is 5.32 Å². The van der Waals surface area contributed by atoms with Gasteiger partial charge in [0.15, 0.2) is 0 Å². The van der Waals surface area contributed by atoms with E-state index in [1.54, 1.807) is 17.1 Å². The molecule has 4 rings (SSSR count). The van der Waals surface area contributed by atoms with Crippen LogP contribution >= 0.6 is 0 Å². The number of anilines is 1. The summed E-state index contributed by atoms with van der Waals surface area (Å²) in [6.07, 6.45) is 10.00. The van der Waals surface area contributed by atoms with Crippen molar-refractivity contribution in [2.24, 2.45) is 7.05 Å². The molecule has 2 fully saturated rings. The predicted molar refractivity (Wildman–Crippen MR) is 98.9 cm³/mol. The first-order chi connectivity index (χ1) is 12.1. The summed E-state index contributed by atoms with van der Waals surface area (Å²) in [5, 5.41) is 10.8. The Bertz CT molecular complexity index is 776. The van der Waals surface area contributed by atoms with Crippen molar-refractivity contribution in [3.63, 3.8) is 0 Å². The molecule has 2 aliphatic rings. The van der Waals surface area contributed by atoms with Crippen LogP contribution in [0, 0.1) is 6.92 Å². The van der Waals surface area contributed by atoms with Gasteiger partial charge in [0, 0.05) is 36.8 Å². The van der Waals surface area contributed by atoms with E-state index in [2.05, 4.69) is 34.8 Å². The largest absolute Gasteiger partial charge is 0.319 e. The minimum atomic E-state index is -0.0739. The number of aryl methyl sites for hydroxylation is 2. The lowest BCUT2D eigenvalue weighted by Crippen LogP contribution is -2.29. The van der Waals surface area contributed by atoms with E-state index in [4.69, 9.17) is 0 Å². The molecule has 2 atom stereocenters. The lowest BCUT2D eigenvalue weighted by molar-refractivity contribution is 0.102. The number of hydrogen-bond acceptors (Lipinski definition) is 3. The normalized spacial score (nSPS) is 23.0. The van der Waals surface area contributed by atoms with E-state index in [9.17, 15) is 4.79 Å². The number of carbonyl (C=O) groups is 1. The molecule has 2 saturated carbocycles. The molecule has 2 N–H and O–H groups in total. The average Bonchev–Trinajstić information content (AvgIpc) is 2.94. The van der Waals surface area contributed by atoms with E-state index >= 15 is 0 Å². The molecular weight excluding hydrogens is 312 g/mol. The fourth-order valence-corrected chi connectivity index (χ4v) is 3.99. The Morgan fingerprint density at radius 3 is 2.80 bits per heavy atom. The molecule has 5 heteroatoms. The number of hydrogen-bond donors (Lipinski definition) is 2. The number of rotatable bonds is 5. The molecule has 0 spiro atoms. The minimum Gasteiger partial charge on any atom is -0.319 e. The molecule has 0 saturated heterocycles. The van der Waals surface area contributed by atoms with Gasteiger partial charge in [-0.1, -0.05) is 18.9 Å². The quantitative estimate of drug-likeness (QED) is 0.879. The number of aromatic nitrogens is 2. The molecule has 132 valence electrons. The van der Waals surface area contributed by atoms with Crippen molar-refractivity contribution >= 4 is 11.6 Å². The summed E-state index contributed by atoms with van der Waals surface area (Å²) in [5.74, 6) is 0.474. The van der Waals surface area contributed by atoms with Crippen LogP contribution in [0.3, 0.4) is 0 Å². The Morgan fingerprint density at radius 2 is 2.08 bits per heavy atom. The third kappa shape index (κ3) is 3.61. The predicted octanol–water partition coefficient (Wildman–Crippen LogP) is 3.37. The summed E-state index contributed by atoms with van der Waals surface area (Å²) in [4.78, 5) is 12.5. The average molecular weight is 338 g/mol. The van der Waals surface area contributed by atoms with Crippen LogP contribution in [0.1, 0.15) is 59.5 Å². The monoisotopic (exact) mass is 338 g/mol. The van der Waals surface area contributed by atoms with Gasteiger partial charge < -0.3 is 10.6 Å². The fourth-order valence-electron chi connectivity index (χ4n) is 3.99. The Kier molecular flexibility index (Phi) is 4.34. The van der Waals surface area contributed by atoms with Gasteiger partial charge in [-0.25, -0.2) is 0 Å². The summed E-state index contributed by atoms with van der Waals surface area (Å²) in [6.45, 7) is 2.14. The maximum Gasteiger partial charge on any atom is 0.255 e. The fraction of sp³-hybridized carbons (Fsp3) is 0.500. The van der Waals surface area contributed by atoms with Gasteiger partial charge >= 0.3 is 0 Å². The van der Waals surface area contributed by atoms with Gasteiger partial charge in [0.05, 0.1) is 11.9 Å². The smallest absolute Gasteiger partial charge is 0.255 e. The zero-order valence-corrected chi connectivity index (χ0v) is 15.0. The van der Waals surface area contributed by atoms with Crippen LogP contribution in [0.5, 0.6) is 0 Å². The van der Waals surface area contributed by atoms with Crippen LogP contribution in [0.25, 0.3) is 0 Å². The third-order valence-corrected chi connectivity index (χ3v) is 5.50. The van der Waals surface area contributed by atoms with Crippen LogP contribution in [0.4, 0.5) is 5.69 Å². The Morgan fingerprint density at radius 1 is 1.28 bits per heavy atom. The van der Waals surface area contributed by atoms with Crippen LogP contribution < -0.4 is 10.6 Å². The zero-order chi connectivity index (χ0) is 17.4. The van der Waals surface area contributed by atoms with Crippen LogP contribution in [-0.2, 0) is 7.05 Å². The van der Waals surface area contributed by atoms with Gasteiger partial charge in [-0.3, -0.25) is 9.48 Å². The molecule has 5 nitrogen and oxygen atoms in total. The third-order valence-electron chi connectivity index (χ3n) is 5.50. The van der Waals surface area contributed by atoms with Crippen LogP contribution in [0.15, 0.2) is 30.6 Å². The van der Waals surface area contributed by atoms with Gasteiger partial charge in [0.1, 0.15) is 0 Å². The molecule has 2 aliphatic carbocycles. The molecular formula is C20H26N4O. The van der Waals surface area contributed by atoms with Crippen molar-refractivity contribution in [1.29, 1.82) is 0 Å². The van der Waals surface area contributed by atoms with Gasteiger partial charge in [-0.2, -0.15) is 5.10 Å². The number of amides is 1. The Balaban J connectivity index is 1.44. The lowest BCUT2D eigenvalue weighted by atomic mass is 10.0. The van der Waals surface area contributed by atoms with E-state index in [1.807, 2.05) is 13.1 Å². The molecule has 1 aromatic heterocycles. The highest BCUT2D eigenvalue weighted by Gasteiger charge is 2.40. The van der Waals surface area contributed by atoms with Gasteiger partial charge in [-0.15, -0.1) is 0 Å². The van der Waals surface area contributed by atoms with E-state index in [0.717, 1.165) is 11.3 Å². The SMILES string of the molecule is Cc1ccc(C(=O)Nc2cnn(C)c2)cc1[C@@H]1C[C@H]1NC1CCCC1. The highest BCUT2D eigenvalue weighted by molar-refractivity contribution is 6.04. The Hall–Kier alpha value is -2.14. The summed E-state index contributed by atoms with van der Waals surface area (Å²) < 4.78 is 1.68.